The van der Waals surface area contributed by atoms with Gasteiger partial charge in [-0.1, -0.05) is 17.7 Å². The van der Waals surface area contributed by atoms with Crippen LogP contribution in [0, 0.1) is 6.92 Å². The standard InChI is InChI=1S/C13H17ClN4O/c1-9-11(13(14)18(2)17-9)8-15-6-10-4-5-12(19-3)16-7-10/h4-5,7,15H,6,8H2,1-3H3. The molecule has 0 atom stereocenters. The summed E-state index contributed by atoms with van der Waals surface area (Å²) in [5.74, 6) is 0.620. The molecule has 0 saturated carbocycles. The number of aromatic nitrogens is 3. The number of nitrogens with one attached hydrogen (secondary N) is 1. The Kier molecular flexibility index (Phi) is 4.39. The maximum atomic E-state index is 6.17. The van der Waals surface area contributed by atoms with Crippen molar-refractivity contribution in [2.45, 2.75) is 20.0 Å². The van der Waals surface area contributed by atoms with Gasteiger partial charge in [-0.3, -0.25) is 4.68 Å². The Hall–Kier alpha value is -1.59. The van der Waals surface area contributed by atoms with E-state index in [-0.39, 0.29) is 0 Å². The summed E-state index contributed by atoms with van der Waals surface area (Å²) in [5, 5.41) is 8.29. The molecule has 0 aliphatic carbocycles. The van der Waals surface area contributed by atoms with Crippen LogP contribution >= 0.6 is 11.6 Å². The minimum absolute atomic E-state index is 0.620. The van der Waals surface area contributed by atoms with Crippen molar-refractivity contribution in [1.29, 1.82) is 0 Å². The van der Waals surface area contributed by atoms with Crippen LogP contribution in [0.2, 0.25) is 5.15 Å². The molecule has 2 heterocycles. The number of halogens is 1. The summed E-state index contributed by atoms with van der Waals surface area (Å²) in [4.78, 5) is 4.16. The van der Waals surface area contributed by atoms with Crippen LogP contribution in [0.25, 0.3) is 0 Å². The highest BCUT2D eigenvalue weighted by atomic mass is 35.5. The van der Waals surface area contributed by atoms with Crippen LogP contribution in [-0.2, 0) is 20.1 Å². The van der Waals surface area contributed by atoms with Crippen molar-refractivity contribution < 1.29 is 4.74 Å². The number of hydrogen-bond donors (Lipinski definition) is 1. The highest BCUT2D eigenvalue weighted by Crippen LogP contribution is 2.18. The van der Waals surface area contributed by atoms with Crippen molar-refractivity contribution in [3.63, 3.8) is 0 Å². The Morgan fingerprint density at radius 3 is 2.68 bits per heavy atom. The van der Waals surface area contributed by atoms with Gasteiger partial charge in [0, 0.05) is 38.0 Å². The number of ether oxygens (including phenoxy) is 1. The Balaban J connectivity index is 1.92. The summed E-state index contributed by atoms with van der Waals surface area (Å²) in [6.45, 7) is 3.37. The number of rotatable bonds is 5. The summed E-state index contributed by atoms with van der Waals surface area (Å²) < 4.78 is 6.70. The van der Waals surface area contributed by atoms with Crippen LogP contribution in [0.5, 0.6) is 5.88 Å². The second-order valence-corrected chi connectivity index (χ2v) is 4.65. The smallest absolute Gasteiger partial charge is 0.212 e. The average molecular weight is 281 g/mol. The highest BCUT2D eigenvalue weighted by molar-refractivity contribution is 6.30. The third kappa shape index (κ3) is 3.24. The maximum Gasteiger partial charge on any atom is 0.212 e. The lowest BCUT2D eigenvalue weighted by Gasteiger charge is -2.05. The molecule has 2 aromatic rings. The van der Waals surface area contributed by atoms with Crippen molar-refractivity contribution >= 4 is 11.6 Å². The topological polar surface area (TPSA) is 52.0 Å². The fourth-order valence-electron chi connectivity index (χ4n) is 1.84. The lowest BCUT2D eigenvalue weighted by molar-refractivity contribution is 0.397. The van der Waals surface area contributed by atoms with Crippen LogP contribution in [0.3, 0.4) is 0 Å². The Labute approximate surface area is 117 Å². The van der Waals surface area contributed by atoms with E-state index in [9.17, 15) is 0 Å². The zero-order chi connectivity index (χ0) is 13.8. The second kappa shape index (κ2) is 6.04. The van der Waals surface area contributed by atoms with Gasteiger partial charge >= 0.3 is 0 Å². The first-order chi connectivity index (χ1) is 9.11. The van der Waals surface area contributed by atoms with E-state index >= 15 is 0 Å². The van der Waals surface area contributed by atoms with Gasteiger partial charge in [0.1, 0.15) is 5.15 Å². The van der Waals surface area contributed by atoms with Crippen molar-refractivity contribution in [3.8, 4) is 5.88 Å². The molecule has 0 spiro atoms. The van der Waals surface area contributed by atoms with E-state index in [1.54, 1.807) is 18.0 Å². The largest absolute Gasteiger partial charge is 0.481 e. The number of aryl methyl sites for hydroxylation is 2. The molecule has 0 amide bonds. The summed E-state index contributed by atoms with van der Waals surface area (Å²) in [7, 11) is 3.44. The first-order valence-electron chi connectivity index (χ1n) is 5.99. The summed E-state index contributed by atoms with van der Waals surface area (Å²) in [5.41, 5.74) is 3.08. The number of pyridine rings is 1. The molecule has 5 nitrogen and oxygen atoms in total. The molecular weight excluding hydrogens is 264 g/mol. The van der Waals surface area contributed by atoms with Crippen molar-refractivity contribution in [2.24, 2.45) is 7.05 Å². The molecule has 0 aliphatic rings. The molecule has 0 radical (unpaired) electrons. The third-order valence-electron chi connectivity index (χ3n) is 2.91. The molecule has 0 aliphatic heterocycles. The summed E-state index contributed by atoms with van der Waals surface area (Å²) >= 11 is 6.17. The molecular formula is C13H17ClN4O. The molecule has 0 aromatic carbocycles. The molecule has 1 N–H and O–H groups in total. The van der Waals surface area contributed by atoms with Gasteiger partial charge in [-0.05, 0) is 12.5 Å². The van der Waals surface area contributed by atoms with Crippen LogP contribution in [0.15, 0.2) is 18.3 Å². The quantitative estimate of drug-likeness (QED) is 0.911. The third-order valence-corrected chi connectivity index (χ3v) is 3.38. The lowest BCUT2D eigenvalue weighted by atomic mass is 10.2. The maximum absolute atomic E-state index is 6.17. The molecule has 6 heteroatoms. The first kappa shape index (κ1) is 13.8. The van der Waals surface area contributed by atoms with Gasteiger partial charge in [-0.15, -0.1) is 0 Å². The van der Waals surface area contributed by atoms with E-state index in [0.29, 0.717) is 17.6 Å². The van der Waals surface area contributed by atoms with E-state index in [1.807, 2.05) is 26.1 Å². The predicted molar refractivity (Wildman–Crippen MR) is 74.3 cm³/mol. The average Bonchev–Trinajstić information content (AvgIpc) is 2.66. The molecule has 0 fully saturated rings. The molecule has 102 valence electrons. The van der Waals surface area contributed by atoms with Gasteiger partial charge in [-0.25, -0.2) is 4.98 Å². The van der Waals surface area contributed by atoms with Crippen molar-refractivity contribution in [1.82, 2.24) is 20.1 Å². The SMILES string of the molecule is COc1ccc(CNCc2c(C)nn(C)c2Cl)cn1. The second-order valence-electron chi connectivity index (χ2n) is 4.29. The molecule has 19 heavy (non-hydrogen) atoms. The zero-order valence-electron chi connectivity index (χ0n) is 11.3. The van der Waals surface area contributed by atoms with Crippen LogP contribution in [0.4, 0.5) is 0 Å². The normalized spacial score (nSPS) is 10.7. The van der Waals surface area contributed by atoms with Gasteiger partial charge in [0.15, 0.2) is 0 Å². The minimum Gasteiger partial charge on any atom is -0.481 e. The molecule has 2 rings (SSSR count). The van der Waals surface area contributed by atoms with E-state index in [4.69, 9.17) is 16.3 Å². The van der Waals surface area contributed by atoms with Gasteiger partial charge in [-0.2, -0.15) is 5.10 Å². The first-order valence-corrected chi connectivity index (χ1v) is 6.37. The molecule has 0 bridgehead atoms. The lowest BCUT2D eigenvalue weighted by Crippen LogP contribution is -2.13. The van der Waals surface area contributed by atoms with Gasteiger partial charge in [0.25, 0.3) is 0 Å². The summed E-state index contributed by atoms with van der Waals surface area (Å²) in [6, 6.07) is 3.83. The van der Waals surface area contributed by atoms with E-state index in [1.165, 1.54) is 0 Å². The molecule has 0 saturated heterocycles. The molecule has 0 unspecified atom stereocenters. The van der Waals surface area contributed by atoms with Gasteiger partial charge in [0.05, 0.1) is 12.8 Å². The fraction of sp³-hybridized carbons (Fsp3) is 0.385. The monoisotopic (exact) mass is 280 g/mol. The van der Waals surface area contributed by atoms with E-state index in [2.05, 4.69) is 15.4 Å². The Morgan fingerprint density at radius 2 is 2.16 bits per heavy atom. The minimum atomic E-state index is 0.620. The van der Waals surface area contributed by atoms with Gasteiger partial charge in [0.2, 0.25) is 5.88 Å². The van der Waals surface area contributed by atoms with Crippen molar-refractivity contribution in [3.05, 3.63) is 40.3 Å². The zero-order valence-corrected chi connectivity index (χ0v) is 12.0. The number of methoxy groups -OCH3 is 1. The predicted octanol–water partition coefficient (Wildman–Crippen LogP) is 2.08. The molecule has 2 aromatic heterocycles. The Bertz CT molecular complexity index is 551. The van der Waals surface area contributed by atoms with Crippen LogP contribution in [-0.4, -0.2) is 21.9 Å². The number of nitrogens with zero attached hydrogens (tertiary/aromatic N) is 3. The summed E-state index contributed by atoms with van der Waals surface area (Å²) in [6.07, 6.45) is 1.80. The van der Waals surface area contributed by atoms with Crippen molar-refractivity contribution in [2.75, 3.05) is 7.11 Å². The fourth-order valence-corrected chi connectivity index (χ4v) is 2.08. The van der Waals surface area contributed by atoms with E-state index < -0.39 is 0 Å². The highest BCUT2D eigenvalue weighted by Gasteiger charge is 2.10. The van der Waals surface area contributed by atoms with Crippen LogP contribution < -0.4 is 10.1 Å². The Morgan fingerprint density at radius 1 is 1.37 bits per heavy atom. The number of hydrogen-bond acceptors (Lipinski definition) is 4. The van der Waals surface area contributed by atoms with Gasteiger partial charge < -0.3 is 10.1 Å². The van der Waals surface area contributed by atoms with E-state index in [0.717, 1.165) is 23.4 Å². The van der Waals surface area contributed by atoms with Crippen LogP contribution in [0.1, 0.15) is 16.8 Å².